The van der Waals surface area contributed by atoms with Crippen molar-refractivity contribution in [1.82, 2.24) is 5.32 Å². The number of hydrogen-bond acceptors (Lipinski definition) is 2. The summed E-state index contributed by atoms with van der Waals surface area (Å²) in [5.74, 6) is 2.33. The molecule has 3 heteroatoms. The summed E-state index contributed by atoms with van der Waals surface area (Å²) >= 11 is 0. The van der Waals surface area contributed by atoms with E-state index in [-0.39, 0.29) is 17.7 Å². The lowest BCUT2D eigenvalue weighted by molar-refractivity contribution is -0.143. The third-order valence-electron chi connectivity index (χ3n) is 5.94. The van der Waals surface area contributed by atoms with E-state index < -0.39 is 0 Å². The van der Waals surface area contributed by atoms with Crippen LogP contribution in [0.3, 0.4) is 0 Å². The van der Waals surface area contributed by atoms with Crippen LogP contribution in [0.5, 0.6) is 0 Å². The predicted molar refractivity (Wildman–Crippen MR) is 77.8 cm³/mol. The highest BCUT2D eigenvalue weighted by Gasteiger charge is 2.45. The van der Waals surface area contributed by atoms with Gasteiger partial charge in [-0.2, -0.15) is 0 Å². The number of rotatable bonds is 2. The van der Waals surface area contributed by atoms with Crippen molar-refractivity contribution in [2.24, 2.45) is 29.6 Å². The Morgan fingerprint density at radius 1 is 0.950 bits per heavy atom. The maximum Gasteiger partial charge on any atom is 0.230 e. The fraction of sp³-hybridized carbons (Fsp3) is 0.882. The molecule has 20 heavy (non-hydrogen) atoms. The van der Waals surface area contributed by atoms with Crippen molar-refractivity contribution in [2.75, 3.05) is 0 Å². The third-order valence-corrected chi connectivity index (χ3v) is 5.94. The molecule has 0 aromatic carbocycles. The SMILES string of the molecule is CC1CCCC(C2CC(=O)NC(=O)C2C2CCCC2)C1. The summed E-state index contributed by atoms with van der Waals surface area (Å²) in [5.41, 5.74) is 0. The number of carbonyl (C=O) groups is 2. The molecular weight excluding hydrogens is 250 g/mol. The first-order chi connectivity index (χ1) is 9.65. The second kappa shape index (κ2) is 5.87. The van der Waals surface area contributed by atoms with Gasteiger partial charge in [-0.25, -0.2) is 0 Å². The van der Waals surface area contributed by atoms with Crippen LogP contribution in [0, 0.1) is 29.6 Å². The van der Waals surface area contributed by atoms with Crippen molar-refractivity contribution < 1.29 is 9.59 Å². The molecule has 3 fully saturated rings. The van der Waals surface area contributed by atoms with Gasteiger partial charge in [-0.05, 0) is 42.9 Å². The second-order valence-corrected chi connectivity index (χ2v) is 7.38. The van der Waals surface area contributed by atoms with Crippen LogP contribution in [0.1, 0.15) is 64.7 Å². The first-order valence-electron chi connectivity index (χ1n) is 8.49. The lowest BCUT2D eigenvalue weighted by Crippen LogP contribution is -2.50. The van der Waals surface area contributed by atoms with E-state index in [1.807, 2.05) is 0 Å². The summed E-state index contributed by atoms with van der Waals surface area (Å²) < 4.78 is 0. The van der Waals surface area contributed by atoms with E-state index in [0.29, 0.717) is 24.2 Å². The minimum Gasteiger partial charge on any atom is -0.296 e. The topological polar surface area (TPSA) is 46.2 Å². The van der Waals surface area contributed by atoms with Gasteiger partial charge in [-0.3, -0.25) is 14.9 Å². The Bertz CT molecular complexity index is 386. The number of nitrogens with one attached hydrogen (secondary N) is 1. The molecule has 2 aliphatic carbocycles. The zero-order valence-electron chi connectivity index (χ0n) is 12.6. The van der Waals surface area contributed by atoms with Gasteiger partial charge in [-0.1, -0.05) is 39.0 Å². The summed E-state index contributed by atoms with van der Waals surface area (Å²) in [6, 6.07) is 0. The van der Waals surface area contributed by atoms with Crippen molar-refractivity contribution in [1.29, 1.82) is 0 Å². The van der Waals surface area contributed by atoms with Gasteiger partial charge in [0.05, 0.1) is 0 Å². The van der Waals surface area contributed by atoms with E-state index in [1.165, 1.54) is 51.4 Å². The number of carbonyl (C=O) groups excluding carboxylic acids is 2. The largest absolute Gasteiger partial charge is 0.296 e. The van der Waals surface area contributed by atoms with Crippen LogP contribution in [-0.4, -0.2) is 11.8 Å². The summed E-state index contributed by atoms with van der Waals surface area (Å²) in [6.45, 7) is 2.32. The molecule has 2 amide bonds. The van der Waals surface area contributed by atoms with Gasteiger partial charge in [0.15, 0.2) is 0 Å². The Kier molecular flexibility index (Phi) is 4.13. The molecule has 4 unspecified atom stereocenters. The van der Waals surface area contributed by atoms with Gasteiger partial charge in [0, 0.05) is 12.3 Å². The second-order valence-electron chi connectivity index (χ2n) is 7.38. The molecule has 0 spiro atoms. The maximum absolute atomic E-state index is 12.4. The third kappa shape index (κ3) is 2.77. The molecule has 1 saturated heterocycles. The standard InChI is InChI=1S/C17H27NO2/c1-11-5-4-8-13(9-11)14-10-15(19)18-17(20)16(14)12-6-2-3-7-12/h11-14,16H,2-10H2,1H3,(H,18,19,20). The van der Waals surface area contributed by atoms with Crippen LogP contribution < -0.4 is 5.32 Å². The van der Waals surface area contributed by atoms with Crippen LogP contribution in [0.25, 0.3) is 0 Å². The first-order valence-corrected chi connectivity index (χ1v) is 8.49. The smallest absolute Gasteiger partial charge is 0.230 e. The summed E-state index contributed by atoms with van der Waals surface area (Å²) in [5, 5.41) is 2.61. The fourth-order valence-electron chi connectivity index (χ4n) is 5.02. The van der Waals surface area contributed by atoms with Gasteiger partial charge in [0.2, 0.25) is 11.8 Å². The Morgan fingerprint density at radius 3 is 2.35 bits per heavy atom. The van der Waals surface area contributed by atoms with Gasteiger partial charge in [0.1, 0.15) is 0 Å². The minimum absolute atomic E-state index is 0.0347. The van der Waals surface area contributed by atoms with Gasteiger partial charge in [-0.15, -0.1) is 0 Å². The zero-order valence-corrected chi connectivity index (χ0v) is 12.6. The molecule has 4 atom stereocenters. The Balaban J connectivity index is 1.79. The molecule has 1 aliphatic heterocycles. The molecule has 3 rings (SSSR count). The maximum atomic E-state index is 12.4. The quantitative estimate of drug-likeness (QED) is 0.787. The van der Waals surface area contributed by atoms with Crippen LogP contribution in [0.4, 0.5) is 0 Å². The highest BCUT2D eigenvalue weighted by molar-refractivity contribution is 5.99. The monoisotopic (exact) mass is 277 g/mol. The molecular formula is C17H27NO2. The van der Waals surface area contributed by atoms with E-state index in [1.54, 1.807) is 0 Å². The molecule has 3 nitrogen and oxygen atoms in total. The number of amides is 2. The van der Waals surface area contributed by atoms with Crippen LogP contribution in [-0.2, 0) is 9.59 Å². The molecule has 0 radical (unpaired) electrons. The molecule has 0 bridgehead atoms. The lowest BCUT2D eigenvalue weighted by atomic mass is 9.65. The van der Waals surface area contributed by atoms with Gasteiger partial charge in [0.25, 0.3) is 0 Å². The highest BCUT2D eigenvalue weighted by Crippen LogP contribution is 2.45. The normalized spacial score (nSPS) is 39.9. The van der Waals surface area contributed by atoms with Gasteiger partial charge < -0.3 is 0 Å². The number of hydrogen-bond donors (Lipinski definition) is 1. The summed E-state index contributed by atoms with van der Waals surface area (Å²) in [6.07, 6.45) is 10.5. The van der Waals surface area contributed by atoms with Crippen molar-refractivity contribution in [3.8, 4) is 0 Å². The minimum atomic E-state index is -0.0347. The molecule has 1 N–H and O–H groups in total. The molecule has 112 valence electrons. The fourth-order valence-corrected chi connectivity index (χ4v) is 5.02. The molecule has 2 saturated carbocycles. The van der Waals surface area contributed by atoms with Crippen LogP contribution >= 0.6 is 0 Å². The van der Waals surface area contributed by atoms with E-state index in [0.717, 1.165) is 5.92 Å². The van der Waals surface area contributed by atoms with Crippen LogP contribution in [0.15, 0.2) is 0 Å². The van der Waals surface area contributed by atoms with Crippen LogP contribution in [0.2, 0.25) is 0 Å². The Labute approximate surface area is 121 Å². The molecule has 0 aromatic heterocycles. The average Bonchev–Trinajstić information content (AvgIpc) is 2.91. The molecule has 1 heterocycles. The van der Waals surface area contributed by atoms with E-state index in [4.69, 9.17) is 0 Å². The van der Waals surface area contributed by atoms with Crippen molar-refractivity contribution in [3.63, 3.8) is 0 Å². The average molecular weight is 277 g/mol. The van der Waals surface area contributed by atoms with Gasteiger partial charge >= 0.3 is 0 Å². The van der Waals surface area contributed by atoms with E-state index in [9.17, 15) is 9.59 Å². The zero-order chi connectivity index (χ0) is 14.1. The predicted octanol–water partition coefficient (Wildman–Crippen LogP) is 3.28. The first kappa shape index (κ1) is 14.1. The Morgan fingerprint density at radius 2 is 1.65 bits per heavy atom. The van der Waals surface area contributed by atoms with Crippen molar-refractivity contribution in [3.05, 3.63) is 0 Å². The molecule has 3 aliphatic rings. The highest BCUT2D eigenvalue weighted by atomic mass is 16.2. The summed E-state index contributed by atoms with van der Waals surface area (Å²) in [4.78, 5) is 24.2. The Hall–Kier alpha value is -0.860. The van der Waals surface area contributed by atoms with E-state index >= 15 is 0 Å². The molecule has 0 aromatic rings. The number of imide groups is 1. The summed E-state index contributed by atoms with van der Waals surface area (Å²) in [7, 11) is 0. The van der Waals surface area contributed by atoms with Crippen molar-refractivity contribution >= 4 is 11.8 Å². The van der Waals surface area contributed by atoms with Crippen molar-refractivity contribution in [2.45, 2.75) is 64.7 Å². The van der Waals surface area contributed by atoms with E-state index in [2.05, 4.69) is 12.2 Å². The number of piperidine rings is 1. The lowest BCUT2D eigenvalue weighted by Gasteiger charge is -2.41.